The van der Waals surface area contributed by atoms with E-state index in [1.54, 1.807) is 12.1 Å². The van der Waals surface area contributed by atoms with E-state index in [2.05, 4.69) is 6.07 Å². The zero-order valence-electron chi connectivity index (χ0n) is 7.40. The van der Waals surface area contributed by atoms with E-state index in [-0.39, 0.29) is 0 Å². The van der Waals surface area contributed by atoms with Crippen LogP contribution >= 0.6 is 0 Å². The molecule has 3 nitrogen and oxygen atoms in total. The summed E-state index contributed by atoms with van der Waals surface area (Å²) in [6.07, 6.45) is 0.800. The van der Waals surface area contributed by atoms with Gasteiger partial charge in [0.05, 0.1) is 6.07 Å². The Morgan fingerprint density at radius 1 is 1.46 bits per heavy atom. The van der Waals surface area contributed by atoms with E-state index in [1.807, 2.05) is 24.1 Å². The van der Waals surface area contributed by atoms with Crippen molar-refractivity contribution in [2.24, 2.45) is 0 Å². The van der Waals surface area contributed by atoms with Gasteiger partial charge in [-0.25, -0.2) is 0 Å². The number of nitriles is 1. The van der Waals surface area contributed by atoms with Gasteiger partial charge in [-0.05, 0) is 24.3 Å². The summed E-state index contributed by atoms with van der Waals surface area (Å²) in [6, 6.07) is 9.16. The van der Waals surface area contributed by atoms with Gasteiger partial charge in [0.15, 0.2) is 0 Å². The van der Waals surface area contributed by atoms with Crippen molar-refractivity contribution in [3.8, 4) is 6.07 Å². The lowest BCUT2D eigenvalue weighted by atomic mass is 10.2. The minimum Gasteiger partial charge on any atom is -0.361 e. The fourth-order valence-electron chi connectivity index (χ4n) is 1.00. The van der Waals surface area contributed by atoms with Crippen LogP contribution in [0.5, 0.6) is 0 Å². The molecule has 0 amide bonds. The minimum absolute atomic E-state index is 0.348. The summed E-state index contributed by atoms with van der Waals surface area (Å²) in [5.41, 5.74) is 1.58. The maximum atomic E-state index is 10.3. The van der Waals surface area contributed by atoms with E-state index in [4.69, 9.17) is 5.26 Å². The molecule has 0 fully saturated rings. The molecular formula is C10H10N2O. The summed E-state index contributed by atoms with van der Waals surface area (Å²) in [5.74, 6) is 0. The summed E-state index contributed by atoms with van der Waals surface area (Å²) >= 11 is 0. The van der Waals surface area contributed by atoms with Gasteiger partial charge < -0.3 is 4.90 Å². The second-order valence-electron chi connectivity index (χ2n) is 2.72. The molecule has 0 heterocycles. The Morgan fingerprint density at radius 2 is 2.08 bits per heavy atom. The second kappa shape index (κ2) is 4.27. The molecule has 0 aliphatic carbocycles. The van der Waals surface area contributed by atoms with Crippen LogP contribution in [0.3, 0.4) is 0 Å². The molecule has 66 valence electrons. The minimum atomic E-state index is 0.348. The van der Waals surface area contributed by atoms with Gasteiger partial charge >= 0.3 is 0 Å². The average molecular weight is 174 g/mol. The Morgan fingerprint density at radius 3 is 2.54 bits per heavy atom. The smallest absolute Gasteiger partial charge is 0.150 e. The standard InChI is InChI=1S/C10H10N2O/c1-12(7-6-11)10-4-2-9(8-13)3-5-10/h2-5,8H,7H2,1H3. The van der Waals surface area contributed by atoms with Crippen molar-refractivity contribution in [2.75, 3.05) is 18.5 Å². The van der Waals surface area contributed by atoms with Crippen molar-refractivity contribution in [2.45, 2.75) is 0 Å². The molecule has 0 aromatic heterocycles. The Labute approximate surface area is 77.2 Å². The topological polar surface area (TPSA) is 44.1 Å². The van der Waals surface area contributed by atoms with Crippen molar-refractivity contribution in [3.63, 3.8) is 0 Å². The lowest BCUT2D eigenvalue weighted by molar-refractivity contribution is 0.112. The van der Waals surface area contributed by atoms with Crippen LogP contribution < -0.4 is 4.90 Å². The highest BCUT2D eigenvalue weighted by atomic mass is 16.1. The largest absolute Gasteiger partial charge is 0.361 e. The van der Waals surface area contributed by atoms with E-state index in [0.29, 0.717) is 12.1 Å². The van der Waals surface area contributed by atoms with Crippen LogP contribution in [0, 0.1) is 11.3 Å². The highest BCUT2D eigenvalue weighted by molar-refractivity contribution is 5.75. The number of aldehydes is 1. The Balaban J connectivity index is 2.80. The quantitative estimate of drug-likeness (QED) is 0.514. The molecule has 1 aromatic rings. The summed E-state index contributed by atoms with van der Waals surface area (Å²) in [4.78, 5) is 12.2. The fourth-order valence-corrected chi connectivity index (χ4v) is 1.00. The van der Waals surface area contributed by atoms with Crippen LogP contribution in [0.25, 0.3) is 0 Å². The highest BCUT2D eigenvalue weighted by Crippen LogP contribution is 2.11. The van der Waals surface area contributed by atoms with Gasteiger partial charge in [0.2, 0.25) is 0 Å². The van der Waals surface area contributed by atoms with Crippen molar-refractivity contribution >= 4 is 12.0 Å². The van der Waals surface area contributed by atoms with E-state index >= 15 is 0 Å². The predicted octanol–water partition coefficient (Wildman–Crippen LogP) is 1.46. The zero-order chi connectivity index (χ0) is 9.68. The SMILES string of the molecule is CN(CC#N)c1ccc(C=O)cc1. The summed E-state index contributed by atoms with van der Waals surface area (Å²) in [5, 5.41) is 8.45. The Kier molecular flexibility index (Phi) is 3.04. The molecule has 0 saturated carbocycles. The average Bonchev–Trinajstić information content (AvgIpc) is 2.18. The normalized spacial score (nSPS) is 8.92. The van der Waals surface area contributed by atoms with Gasteiger partial charge in [0.1, 0.15) is 12.8 Å². The molecule has 1 aromatic carbocycles. The predicted molar refractivity (Wildman–Crippen MR) is 50.7 cm³/mol. The second-order valence-corrected chi connectivity index (χ2v) is 2.72. The monoisotopic (exact) mass is 174 g/mol. The van der Waals surface area contributed by atoms with Crippen LogP contribution in [-0.2, 0) is 0 Å². The van der Waals surface area contributed by atoms with E-state index in [1.165, 1.54) is 0 Å². The number of benzene rings is 1. The maximum absolute atomic E-state index is 10.3. The first-order chi connectivity index (χ1) is 6.27. The molecule has 3 heteroatoms. The molecule has 0 N–H and O–H groups in total. The Hall–Kier alpha value is -1.82. The van der Waals surface area contributed by atoms with Crippen LogP contribution in [0.15, 0.2) is 24.3 Å². The summed E-state index contributed by atoms with van der Waals surface area (Å²) in [6.45, 7) is 0.348. The van der Waals surface area contributed by atoms with E-state index < -0.39 is 0 Å². The zero-order valence-corrected chi connectivity index (χ0v) is 7.40. The lowest BCUT2D eigenvalue weighted by Gasteiger charge is -2.14. The van der Waals surface area contributed by atoms with E-state index in [9.17, 15) is 4.79 Å². The molecule has 0 aliphatic rings. The maximum Gasteiger partial charge on any atom is 0.150 e. The van der Waals surface area contributed by atoms with Gasteiger partial charge in [0.25, 0.3) is 0 Å². The third kappa shape index (κ3) is 2.31. The number of rotatable bonds is 3. The highest BCUT2D eigenvalue weighted by Gasteiger charge is 1.98. The summed E-state index contributed by atoms with van der Waals surface area (Å²) in [7, 11) is 1.83. The first-order valence-electron chi connectivity index (χ1n) is 3.91. The number of anilines is 1. The number of hydrogen-bond acceptors (Lipinski definition) is 3. The van der Waals surface area contributed by atoms with Gasteiger partial charge in [-0.3, -0.25) is 4.79 Å². The van der Waals surface area contributed by atoms with Crippen molar-refractivity contribution in [1.82, 2.24) is 0 Å². The molecule has 0 atom stereocenters. The molecule has 13 heavy (non-hydrogen) atoms. The van der Waals surface area contributed by atoms with Gasteiger partial charge in [-0.15, -0.1) is 0 Å². The third-order valence-electron chi connectivity index (χ3n) is 1.78. The number of carbonyl (C=O) groups excluding carboxylic acids is 1. The van der Waals surface area contributed by atoms with Gasteiger partial charge in [-0.2, -0.15) is 5.26 Å². The molecule has 0 unspecified atom stereocenters. The molecule has 0 radical (unpaired) electrons. The molecule has 0 spiro atoms. The van der Waals surface area contributed by atoms with Crippen LogP contribution in [0.2, 0.25) is 0 Å². The molecular weight excluding hydrogens is 164 g/mol. The van der Waals surface area contributed by atoms with Crippen LogP contribution in [0.4, 0.5) is 5.69 Å². The van der Waals surface area contributed by atoms with Crippen molar-refractivity contribution in [1.29, 1.82) is 5.26 Å². The molecule has 0 aliphatic heterocycles. The van der Waals surface area contributed by atoms with Gasteiger partial charge in [-0.1, -0.05) is 0 Å². The number of nitrogens with zero attached hydrogens (tertiary/aromatic N) is 2. The summed E-state index contributed by atoms with van der Waals surface area (Å²) < 4.78 is 0. The lowest BCUT2D eigenvalue weighted by Crippen LogP contribution is -2.16. The van der Waals surface area contributed by atoms with Crippen LogP contribution in [0.1, 0.15) is 10.4 Å². The van der Waals surface area contributed by atoms with Crippen molar-refractivity contribution in [3.05, 3.63) is 29.8 Å². The third-order valence-corrected chi connectivity index (χ3v) is 1.78. The van der Waals surface area contributed by atoms with E-state index in [0.717, 1.165) is 12.0 Å². The molecule has 0 bridgehead atoms. The Bertz CT molecular complexity index is 324. The molecule has 0 saturated heterocycles. The van der Waals surface area contributed by atoms with Gasteiger partial charge in [0, 0.05) is 18.3 Å². The number of carbonyl (C=O) groups is 1. The number of hydrogen-bond donors (Lipinski definition) is 0. The fraction of sp³-hybridized carbons (Fsp3) is 0.200. The first-order valence-corrected chi connectivity index (χ1v) is 3.91. The van der Waals surface area contributed by atoms with Crippen LogP contribution in [-0.4, -0.2) is 19.9 Å². The first kappa shape index (κ1) is 9.27. The molecule has 1 rings (SSSR count). The van der Waals surface area contributed by atoms with Crippen molar-refractivity contribution < 1.29 is 4.79 Å².